The van der Waals surface area contributed by atoms with Crippen molar-refractivity contribution in [3.8, 4) is 0 Å². The Labute approximate surface area is 191 Å². The van der Waals surface area contributed by atoms with Crippen LogP contribution in [0.5, 0.6) is 0 Å². The molecule has 1 aromatic rings. The van der Waals surface area contributed by atoms with Gasteiger partial charge in [-0.3, -0.25) is 9.59 Å². The van der Waals surface area contributed by atoms with Gasteiger partial charge in [-0.2, -0.15) is 0 Å². The van der Waals surface area contributed by atoms with E-state index in [2.05, 4.69) is 6.58 Å². The monoisotopic (exact) mass is 441 g/mol. The van der Waals surface area contributed by atoms with Crippen LogP contribution in [0, 0.1) is 11.3 Å². The molecule has 1 aliphatic carbocycles. The number of nitrogens with zero attached hydrogens (tertiary/aromatic N) is 1. The Bertz CT molecular complexity index is 828. The zero-order chi connectivity index (χ0) is 23.1. The topological polar surface area (TPSA) is 72.9 Å². The van der Waals surface area contributed by atoms with Gasteiger partial charge in [0.05, 0.1) is 24.0 Å². The average molecular weight is 442 g/mol. The van der Waals surface area contributed by atoms with E-state index in [1.165, 1.54) is 4.90 Å². The van der Waals surface area contributed by atoms with Crippen LogP contribution in [0.3, 0.4) is 0 Å². The maximum atomic E-state index is 13.9. The van der Waals surface area contributed by atoms with Crippen molar-refractivity contribution < 1.29 is 23.9 Å². The van der Waals surface area contributed by atoms with E-state index >= 15 is 0 Å². The minimum Gasteiger partial charge on any atom is -0.465 e. The second-order valence-corrected chi connectivity index (χ2v) is 9.20. The molecule has 2 fully saturated rings. The minimum atomic E-state index is -0.913. The minimum absolute atomic E-state index is 0.160. The Balaban J connectivity index is 1.88. The molecule has 3 rings (SSSR count). The van der Waals surface area contributed by atoms with Crippen LogP contribution in [-0.4, -0.2) is 42.1 Å². The van der Waals surface area contributed by atoms with Crippen molar-refractivity contribution in [1.29, 1.82) is 0 Å². The second-order valence-electron chi connectivity index (χ2n) is 9.20. The van der Waals surface area contributed by atoms with Crippen LogP contribution in [0.1, 0.15) is 64.4 Å². The Morgan fingerprint density at radius 2 is 1.94 bits per heavy atom. The molecule has 6 heteroatoms. The van der Waals surface area contributed by atoms with Crippen molar-refractivity contribution >= 4 is 18.0 Å². The molecule has 2 aliphatic rings. The fourth-order valence-electron chi connectivity index (χ4n) is 4.96. The van der Waals surface area contributed by atoms with E-state index in [1.54, 1.807) is 0 Å². The third-order valence-corrected chi connectivity index (χ3v) is 6.66. The van der Waals surface area contributed by atoms with Gasteiger partial charge in [0.15, 0.2) is 0 Å². The molecule has 2 atom stereocenters. The average Bonchev–Trinajstić information content (AvgIpc) is 3.40. The van der Waals surface area contributed by atoms with Crippen LogP contribution in [-0.2, 0) is 25.5 Å². The van der Waals surface area contributed by atoms with Crippen LogP contribution in [0.2, 0.25) is 0 Å². The molecule has 0 radical (unpaired) electrons. The number of benzene rings is 1. The zero-order valence-corrected chi connectivity index (χ0v) is 19.3. The van der Waals surface area contributed by atoms with Crippen molar-refractivity contribution in [3.63, 3.8) is 0 Å². The summed E-state index contributed by atoms with van der Waals surface area (Å²) in [4.78, 5) is 41.1. The summed E-state index contributed by atoms with van der Waals surface area (Å²) in [6.45, 7) is 8.42. The van der Waals surface area contributed by atoms with Gasteiger partial charge in [0.25, 0.3) is 0 Å². The highest BCUT2D eigenvalue weighted by Gasteiger charge is 2.54. The van der Waals surface area contributed by atoms with Gasteiger partial charge in [-0.25, -0.2) is 9.69 Å². The number of imide groups is 1. The summed E-state index contributed by atoms with van der Waals surface area (Å²) in [6, 6.07) is 9.35. The fraction of sp³-hybridized carbons (Fsp3) is 0.577. The van der Waals surface area contributed by atoms with E-state index in [4.69, 9.17) is 9.47 Å². The first-order valence-electron chi connectivity index (χ1n) is 11.7. The van der Waals surface area contributed by atoms with Crippen molar-refractivity contribution in [3.05, 3.63) is 48.0 Å². The lowest BCUT2D eigenvalue weighted by molar-refractivity contribution is -0.164. The molecule has 1 heterocycles. The standard InChI is InChI=1S/C26H35NO5/c1-4-5-15-31-24(29)26(13-9-10-14-26)22(16-19(2)3)23(28)27-21(18-32-25(27)30)17-20-11-7-6-8-12-20/h6-8,11-12,21-22H,2,4-5,9-10,13-18H2,1,3H3/t21-,22+/m1/s1. The van der Waals surface area contributed by atoms with Gasteiger partial charge in [0, 0.05) is 0 Å². The van der Waals surface area contributed by atoms with Crippen molar-refractivity contribution in [2.75, 3.05) is 13.2 Å². The molecule has 0 unspecified atom stereocenters. The Hall–Kier alpha value is -2.63. The molecule has 1 aromatic carbocycles. The lowest BCUT2D eigenvalue weighted by Crippen LogP contribution is -2.51. The molecule has 1 saturated carbocycles. The number of hydrogen-bond donors (Lipinski definition) is 0. The number of hydrogen-bond acceptors (Lipinski definition) is 5. The largest absolute Gasteiger partial charge is 0.465 e. The van der Waals surface area contributed by atoms with E-state index in [-0.39, 0.29) is 24.5 Å². The van der Waals surface area contributed by atoms with Gasteiger partial charge in [-0.1, -0.05) is 62.1 Å². The third-order valence-electron chi connectivity index (χ3n) is 6.66. The number of unbranched alkanes of at least 4 members (excludes halogenated alkanes) is 1. The summed E-state index contributed by atoms with van der Waals surface area (Å²) < 4.78 is 10.9. The summed E-state index contributed by atoms with van der Waals surface area (Å²) in [7, 11) is 0. The number of carbonyl (C=O) groups is 3. The first-order chi connectivity index (χ1) is 15.4. The van der Waals surface area contributed by atoms with E-state index in [0.717, 1.165) is 36.8 Å². The fourth-order valence-corrected chi connectivity index (χ4v) is 4.96. The lowest BCUT2D eigenvalue weighted by atomic mass is 9.70. The van der Waals surface area contributed by atoms with Crippen LogP contribution in [0.15, 0.2) is 42.5 Å². The van der Waals surface area contributed by atoms with E-state index in [9.17, 15) is 14.4 Å². The normalized spacial score (nSPS) is 20.6. The molecule has 1 saturated heterocycles. The van der Waals surface area contributed by atoms with Crippen LogP contribution in [0.25, 0.3) is 0 Å². The number of esters is 1. The summed E-state index contributed by atoms with van der Waals surface area (Å²) >= 11 is 0. The van der Waals surface area contributed by atoms with Crippen LogP contribution in [0.4, 0.5) is 4.79 Å². The second kappa shape index (κ2) is 10.8. The summed E-state index contributed by atoms with van der Waals surface area (Å²) in [5, 5.41) is 0. The van der Waals surface area contributed by atoms with Crippen molar-refractivity contribution in [2.24, 2.45) is 11.3 Å². The Morgan fingerprint density at radius 3 is 2.56 bits per heavy atom. The third kappa shape index (κ3) is 5.22. The molecule has 2 amide bonds. The molecule has 0 bridgehead atoms. The maximum absolute atomic E-state index is 13.9. The number of amides is 2. The van der Waals surface area contributed by atoms with E-state index in [1.807, 2.05) is 44.2 Å². The first-order valence-corrected chi connectivity index (χ1v) is 11.7. The number of cyclic esters (lactones) is 1. The lowest BCUT2D eigenvalue weighted by Gasteiger charge is -2.37. The molecule has 0 spiro atoms. The molecule has 0 aromatic heterocycles. The van der Waals surface area contributed by atoms with Gasteiger partial charge in [-0.15, -0.1) is 6.58 Å². The first kappa shape index (κ1) is 24.0. The summed E-state index contributed by atoms with van der Waals surface area (Å²) in [5.74, 6) is -1.33. The molecule has 174 valence electrons. The number of ether oxygens (including phenoxy) is 2. The number of carbonyl (C=O) groups excluding carboxylic acids is 3. The van der Waals surface area contributed by atoms with Crippen LogP contribution < -0.4 is 0 Å². The molecular formula is C26H35NO5. The van der Waals surface area contributed by atoms with Crippen LogP contribution >= 0.6 is 0 Å². The summed E-state index contributed by atoms with van der Waals surface area (Å²) in [5.41, 5.74) is 0.923. The highest BCUT2D eigenvalue weighted by molar-refractivity contribution is 5.98. The highest BCUT2D eigenvalue weighted by atomic mass is 16.6. The number of rotatable bonds is 10. The van der Waals surface area contributed by atoms with Gasteiger partial charge in [0.2, 0.25) is 5.91 Å². The smallest absolute Gasteiger partial charge is 0.416 e. The number of allylic oxidation sites excluding steroid dienone is 1. The van der Waals surface area contributed by atoms with Crippen molar-refractivity contribution in [2.45, 2.75) is 71.3 Å². The van der Waals surface area contributed by atoms with Gasteiger partial charge in [0.1, 0.15) is 6.61 Å². The maximum Gasteiger partial charge on any atom is 0.416 e. The molecule has 1 aliphatic heterocycles. The van der Waals surface area contributed by atoms with Gasteiger partial charge >= 0.3 is 12.1 Å². The predicted molar refractivity (Wildman–Crippen MR) is 122 cm³/mol. The molecule has 0 N–H and O–H groups in total. The zero-order valence-electron chi connectivity index (χ0n) is 19.3. The van der Waals surface area contributed by atoms with Gasteiger partial charge < -0.3 is 9.47 Å². The molecular weight excluding hydrogens is 406 g/mol. The summed E-state index contributed by atoms with van der Waals surface area (Å²) in [6.07, 6.45) is 4.86. The molecule has 6 nitrogen and oxygen atoms in total. The van der Waals surface area contributed by atoms with Crippen molar-refractivity contribution in [1.82, 2.24) is 4.90 Å². The quantitative estimate of drug-likeness (QED) is 0.288. The Morgan fingerprint density at radius 1 is 1.25 bits per heavy atom. The highest BCUT2D eigenvalue weighted by Crippen LogP contribution is 2.48. The molecule has 32 heavy (non-hydrogen) atoms. The Kier molecular flexibility index (Phi) is 8.10. The predicted octanol–water partition coefficient (Wildman–Crippen LogP) is 5.06. The SMILES string of the molecule is C=C(C)C[C@@H](C(=O)N1C(=O)OC[C@H]1Cc1ccccc1)C1(C(=O)OCCCC)CCCC1. The van der Waals surface area contributed by atoms with E-state index < -0.39 is 17.4 Å². The van der Waals surface area contributed by atoms with Gasteiger partial charge in [-0.05, 0) is 44.6 Å². The van der Waals surface area contributed by atoms with E-state index in [0.29, 0.717) is 32.3 Å².